The zero-order valence-electron chi connectivity index (χ0n) is 10.7. The molecule has 0 amide bonds. The summed E-state index contributed by atoms with van der Waals surface area (Å²) in [6.45, 7) is 7.50. The highest BCUT2D eigenvalue weighted by molar-refractivity contribution is 5.06. The Kier molecular flexibility index (Phi) is 5.19. The summed E-state index contributed by atoms with van der Waals surface area (Å²) < 4.78 is 1.82. The fraction of sp³-hybridized carbons (Fsp3) is 0.667. The van der Waals surface area contributed by atoms with Crippen molar-refractivity contribution in [2.75, 3.05) is 6.54 Å². The minimum Gasteiger partial charge on any atom is -0.314 e. The zero-order chi connectivity index (χ0) is 12.0. The fourth-order valence-corrected chi connectivity index (χ4v) is 1.49. The van der Waals surface area contributed by atoms with Gasteiger partial charge in [-0.3, -0.25) is 4.68 Å². The SMILES string of the molecule is CC(=CCCNC(C)C)Cc1ncnn1C. The highest BCUT2D eigenvalue weighted by Crippen LogP contribution is 2.04. The third kappa shape index (κ3) is 4.57. The van der Waals surface area contributed by atoms with Gasteiger partial charge in [-0.05, 0) is 19.9 Å². The van der Waals surface area contributed by atoms with Gasteiger partial charge in [-0.2, -0.15) is 5.10 Å². The molecule has 1 N–H and O–H groups in total. The molecule has 4 heteroatoms. The molecule has 0 fully saturated rings. The van der Waals surface area contributed by atoms with Crippen molar-refractivity contribution in [1.82, 2.24) is 20.1 Å². The molecular formula is C12H22N4. The molecule has 0 atom stereocenters. The van der Waals surface area contributed by atoms with Gasteiger partial charge in [0, 0.05) is 19.5 Å². The van der Waals surface area contributed by atoms with Crippen molar-refractivity contribution >= 4 is 0 Å². The highest BCUT2D eigenvalue weighted by atomic mass is 15.3. The first-order valence-electron chi connectivity index (χ1n) is 5.81. The van der Waals surface area contributed by atoms with Crippen molar-refractivity contribution < 1.29 is 0 Å². The molecule has 0 spiro atoms. The Bertz CT molecular complexity index is 339. The molecular weight excluding hydrogens is 200 g/mol. The summed E-state index contributed by atoms with van der Waals surface area (Å²) in [7, 11) is 1.93. The predicted octanol–water partition coefficient (Wildman–Crippen LogP) is 1.69. The molecule has 90 valence electrons. The first-order valence-corrected chi connectivity index (χ1v) is 5.81. The van der Waals surface area contributed by atoms with E-state index in [2.05, 4.69) is 42.2 Å². The van der Waals surface area contributed by atoms with Gasteiger partial charge in [0.05, 0.1) is 0 Å². The van der Waals surface area contributed by atoms with Gasteiger partial charge in [0.15, 0.2) is 0 Å². The van der Waals surface area contributed by atoms with Crippen LogP contribution in [0, 0.1) is 0 Å². The number of allylic oxidation sites excluding steroid dienone is 1. The van der Waals surface area contributed by atoms with Crippen molar-refractivity contribution in [2.45, 2.75) is 39.7 Å². The Morgan fingerprint density at radius 2 is 2.31 bits per heavy atom. The minimum absolute atomic E-state index is 0.562. The molecule has 0 aromatic carbocycles. The van der Waals surface area contributed by atoms with E-state index in [1.807, 2.05) is 11.7 Å². The molecule has 0 aliphatic carbocycles. The quantitative estimate of drug-likeness (QED) is 0.588. The van der Waals surface area contributed by atoms with E-state index in [9.17, 15) is 0 Å². The van der Waals surface area contributed by atoms with Gasteiger partial charge in [-0.25, -0.2) is 4.98 Å². The van der Waals surface area contributed by atoms with E-state index >= 15 is 0 Å². The van der Waals surface area contributed by atoms with Gasteiger partial charge < -0.3 is 5.32 Å². The number of hydrogen-bond acceptors (Lipinski definition) is 3. The number of nitrogens with zero attached hydrogens (tertiary/aromatic N) is 3. The van der Waals surface area contributed by atoms with Gasteiger partial charge in [0.1, 0.15) is 12.2 Å². The van der Waals surface area contributed by atoms with Crippen molar-refractivity contribution in [3.63, 3.8) is 0 Å². The maximum atomic E-state index is 4.21. The molecule has 0 aliphatic rings. The lowest BCUT2D eigenvalue weighted by molar-refractivity contribution is 0.594. The summed E-state index contributed by atoms with van der Waals surface area (Å²) in [5.41, 5.74) is 1.35. The maximum Gasteiger partial charge on any atom is 0.138 e. The van der Waals surface area contributed by atoms with Crippen LogP contribution in [-0.4, -0.2) is 27.4 Å². The molecule has 1 aromatic rings. The number of rotatable bonds is 6. The monoisotopic (exact) mass is 222 g/mol. The van der Waals surface area contributed by atoms with Crippen molar-refractivity contribution in [1.29, 1.82) is 0 Å². The summed E-state index contributed by atoms with van der Waals surface area (Å²) >= 11 is 0. The second-order valence-corrected chi connectivity index (χ2v) is 4.42. The first-order chi connectivity index (χ1) is 7.59. The third-order valence-electron chi connectivity index (χ3n) is 2.43. The van der Waals surface area contributed by atoms with Crippen LogP contribution in [0.3, 0.4) is 0 Å². The Morgan fingerprint density at radius 1 is 1.56 bits per heavy atom. The summed E-state index contributed by atoms with van der Waals surface area (Å²) in [6.07, 6.45) is 5.83. The van der Waals surface area contributed by atoms with E-state index in [-0.39, 0.29) is 0 Å². The van der Waals surface area contributed by atoms with Crippen molar-refractivity contribution in [2.24, 2.45) is 7.05 Å². The minimum atomic E-state index is 0.562. The Morgan fingerprint density at radius 3 is 2.88 bits per heavy atom. The summed E-state index contributed by atoms with van der Waals surface area (Å²) in [5.74, 6) is 1.02. The van der Waals surface area contributed by atoms with Gasteiger partial charge in [0.25, 0.3) is 0 Å². The van der Waals surface area contributed by atoms with E-state index in [0.29, 0.717) is 6.04 Å². The standard InChI is InChI=1S/C12H22N4/c1-10(2)13-7-5-6-11(3)8-12-14-9-15-16(12)4/h6,9-10,13H,5,7-8H2,1-4H3. The Balaban J connectivity index is 2.32. The summed E-state index contributed by atoms with van der Waals surface area (Å²) in [4.78, 5) is 4.21. The number of aromatic nitrogens is 3. The van der Waals surface area contributed by atoms with Crippen LogP contribution in [-0.2, 0) is 13.5 Å². The van der Waals surface area contributed by atoms with E-state index in [0.717, 1.165) is 25.2 Å². The summed E-state index contributed by atoms with van der Waals surface area (Å²) in [5, 5.41) is 7.45. The smallest absolute Gasteiger partial charge is 0.138 e. The van der Waals surface area contributed by atoms with Crippen molar-refractivity contribution in [3.05, 3.63) is 23.8 Å². The number of nitrogens with one attached hydrogen (secondary N) is 1. The molecule has 16 heavy (non-hydrogen) atoms. The van der Waals surface area contributed by atoms with E-state index in [1.54, 1.807) is 6.33 Å². The number of aryl methyl sites for hydroxylation is 1. The fourth-order valence-electron chi connectivity index (χ4n) is 1.49. The van der Waals surface area contributed by atoms with E-state index in [4.69, 9.17) is 0 Å². The molecule has 0 aliphatic heterocycles. The second-order valence-electron chi connectivity index (χ2n) is 4.42. The van der Waals surface area contributed by atoms with Gasteiger partial charge in [0.2, 0.25) is 0 Å². The van der Waals surface area contributed by atoms with E-state index in [1.165, 1.54) is 5.57 Å². The molecule has 1 aromatic heterocycles. The van der Waals surface area contributed by atoms with Crippen LogP contribution in [0.1, 0.15) is 33.0 Å². The Labute approximate surface area is 97.8 Å². The zero-order valence-corrected chi connectivity index (χ0v) is 10.7. The molecule has 0 saturated carbocycles. The van der Waals surface area contributed by atoms with Crippen LogP contribution in [0.5, 0.6) is 0 Å². The Hall–Kier alpha value is -1.16. The summed E-state index contributed by atoms with van der Waals surface area (Å²) in [6, 6.07) is 0.562. The first kappa shape index (κ1) is 12.9. The van der Waals surface area contributed by atoms with Gasteiger partial charge in [-0.15, -0.1) is 0 Å². The molecule has 0 unspecified atom stereocenters. The lowest BCUT2D eigenvalue weighted by atomic mass is 10.1. The molecule has 1 rings (SSSR count). The van der Waals surface area contributed by atoms with Crippen LogP contribution in [0.2, 0.25) is 0 Å². The lowest BCUT2D eigenvalue weighted by Crippen LogP contribution is -2.23. The third-order valence-corrected chi connectivity index (χ3v) is 2.43. The highest BCUT2D eigenvalue weighted by Gasteiger charge is 2.00. The van der Waals surface area contributed by atoms with E-state index < -0.39 is 0 Å². The van der Waals surface area contributed by atoms with Crippen LogP contribution in [0.15, 0.2) is 18.0 Å². The van der Waals surface area contributed by atoms with Crippen LogP contribution >= 0.6 is 0 Å². The van der Waals surface area contributed by atoms with Gasteiger partial charge >= 0.3 is 0 Å². The normalized spacial score (nSPS) is 12.4. The van der Waals surface area contributed by atoms with Crippen LogP contribution in [0.4, 0.5) is 0 Å². The average molecular weight is 222 g/mol. The van der Waals surface area contributed by atoms with Crippen molar-refractivity contribution in [3.8, 4) is 0 Å². The molecule has 0 saturated heterocycles. The van der Waals surface area contributed by atoms with Gasteiger partial charge in [-0.1, -0.05) is 25.5 Å². The average Bonchev–Trinajstić information content (AvgIpc) is 2.59. The molecule has 0 bridgehead atoms. The topological polar surface area (TPSA) is 42.7 Å². The molecule has 1 heterocycles. The lowest BCUT2D eigenvalue weighted by Gasteiger charge is -2.06. The second kappa shape index (κ2) is 6.43. The number of hydrogen-bond donors (Lipinski definition) is 1. The molecule has 0 radical (unpaired) electrons. The maximum absolute atomic E-state index is 4.21. The largest absolute Gasteiger partial charge is 0.314 e. The van der Waals surface area contributed by atoms with Crippen LogP contribution < -0.4 is 5.32 Å². The predicted molar refractivity (Wildman–Crippen MR) is 66.2 cm³/mol. The molecule has 4 nitrogen and oxygen atoms in total. The van der Waals surface area contributed by atoms with Crippen LogP contribution in [0.25, 0.3) is 0 Å².